The molecule has 1 rings (SSSR count). The Balaban J connectivity index is 3.04. The number of hydrogen-bond donors (Lipinski definition) is 2. The van der Waals surface area contributed by atoms with Gasteiger partial charge in [0.2, 0.25) is 0 Å². The molecule has 3 N–H and O–H groups in total. The number of nitrogens with one attached hydrogen (secondary N) is 1. The maximum absolute atomic E-state index is 10.5. The van der Waals surface area contributed by atoms with Crippen molar-refractivity contribution in [3.8, 4) is 0 Å². The first-order chi connectivity index (χ1) is 6.15. The van der Waals surface area contributed by atoms with Gasteiger partial charge in [0, 0.05) is 12.6 Å². The molecule has 0 fully saturated rings. The predicted molar refractivity (Wildman–Crippen MR) is 51.8 cm³/mol. The van der Waals surface area contributed by atoms with Crippen LogP contribution in [0.1, 0.15) is 5.56 Å². The average Bonchev–Trinajstić information content (AvgIpc) is 2.08. The molecule has 0 aliphatic rings. The number of hydrazine groups is 1. The Morgan fingerprint density at radius 2 is 2.31 bits per heavy atom. The number of hydrogen-bond acceptors (Lipinski definition) is 4. The van der Waals surface area contributed by atoms with Crippen molar-refractivity contribution in [2.24, 2.45) is 5.84 Å². The van der Waals surface area contributed by atoms with E-state index in [0.717, 1.165) is 5.56 Å². The fraction of sp³-hybridized carbons (Fsp3) is 0.143. The van der Waals surface area contributed by atoms with Crippen LogP contribution in [0, 0.1) is 10.1 Å². The van der Waals surface area contributed by atoms with Gasteiger partial charge in [-0.05, 0) is 27.6 Å². The molecule has 0 unspecified atom stereocenters. The summed E-state index contributed by atoms with van der Waals surface area (Å²) in [7, 11) is 0. The van der Waals surface area contributed by atoms with Gasteiger partial charge in [-0.25, -0.2) is 0 Å². The summed E-state index contributed by atoms with van der Waals surface area (Å²) in [5.74, 6) is 5.09. The number of nitro groups is 1. The molecule has 5 nitrogen and oxygen atoms in total. The van der Waals surface area contributed by atoms with Gasteiger partial charge in [0.1, 0.15) is 0 Å². The maximum Gasteiger partial charge on any atom is 0.283 e. The highest BCUT2D eigenvalue weighted by Crippen LogP contribution is 2.25. The summed E-state index contributed by atoms with van der Waals surface area (Å²) in [4.78, 5) is 10.1. The van der Waals surface area contributed by atoms with E-state index in [0.29, 0.717) is 11.0 Å². The van der Waals surface area contributed by atoms with E-state index in [1.54, 1.807) is 12.1 Å². The molecular weight excluding hydrogens is 238 g/mol. The number of nitro benzene ring substituents is 1. The SMILES string of the molecule is NNCc1ccc(Br)c([N+](=O)[O-])c1. The zero-order valence-corrected chi connectivity index (χ0v) is 8.24. The molecule has 0 saturated carbocycles. The Kier molecular flexibility index (Phi) is 3.35. The van der Waals surface area contributed by atoms with Gasteiger partial charge >= 0.3 is 0 Å². The lowest BCUT2D eigenvalue weighted by atomic mass is 10.2. The van der Waals surface area contributed by atoms with Gasteiger partial charge in [0.25, 0.3) is 5.69 Å². The molecule has 1 aromatic rings. The molecule has 0 saturated heterocycles. The van der Waals surface area contributed by atoms with Crippen molar-refractivity contribution >= 4 is 21.6 Å². The van der Waals surface area contributed by atoms with Gasteiger partial charge in [-0.2, -0.15) is 0 Å². The Morgan fingerprint density at radius 1 is 1.62 bits per heavy atom. The van der Waals surface area contributed by atoms with Gasteiger partial charge in [-0.15, -0.1) is 0 Å². The smallest absolute Gasteiger partial charge is 0.271 e. The van der Waals surface area contributed by atoms with Crippen molar-refractivity contribution in [3.63, 3.8) is 0 Å². The summed E-state index contributed by atoms with van der Waals surface area (Å²) in [5, 5.41) is 10.5. The summed E-state index contributed by atoms with van der Waals surface area (Å²) < 4.78 is 0.471. The van der Waals surface area contributed by atoms with Crippen LogP contribution in [0.3, 0.4) is 0 Å². The maximum atomic E-state index is 10.5. The second-order valence-corrected chi connectivity index (χ2v) is 3.28. The van der Waals surface area contributed by atoms with E-state index < -0.39 is 4.92 Å². The minimum atomic E-state index is -0.440. The summed E-state index contributed by atoms with van der Waals surface area (Å²) in [6.07, 6.45) is 0. The van der Waals surface area contributed by atoms with Crippen molar-refractivity contribution in [1.29, 1.82) is 0 Å². The lowest BCUT2D eigenvalue weighted by Crippen LogP contribution is -2.20. The molecule has 0 spiro atoms. The molecule has 6 heteroatoms. The van der Waals surface area contributed by atoms with Crippen molar-refractivity contribution in [2.45, 2.75) is 6.54 Å². The van der Waals surface area contributed by atoms with Crippen LogP contribution >= 0.6 is 15.9 Å². The molecule has 70 valence electrons. The third kappa shape index (κ3) is 2.48. The molecule has 0 atom stereocenters. The normalized spacial score (nSPS) is 10.0. The van der Waals surface area contributed by atoms with Crippen LogP contribution in [-0.4, -0.2) is 4.92 Å². The number of benzene rings is 1. The van der Waals surface area contributed by atoms with Gasteiger partial charge in [0.15, 0.2) is 0 Å². The Labute approximate surface area is 83.2 Å². The quantitative estimate of drug-likeness (QED) is 0.478. The average molecular weight is 246 g/mol. The van der Waals surface area contributed by atoms with Crippen LogP contribution in [0.25, 0.3) is 0 Å². The van der Waals surface area contributed by atoms with E-state index in [1.165, 1.54) is 6.07 Å². The molecule has 0 heterocycles. The molecule has 13 heavy (non-hydrogen) atoms. The van der Waals surface area contributed by atoms with Gasteiger partial charge < -0.3 is 0 Å². The molecule has 0 amide bonds. The predicted octanol–water partition coefficient (Wildman–Crippen LogP) is 1.32. The van der Waals surface area contributed by atoms with Crippen molar-refractivity contribution in [1.82, 2.24) is 5.43 Å². The van der Waals surface area contributed by atoms with E-state index in [4.69, 9.17) is 5.84 Å². The van der Waals surface area contributed by atoms with Gasteiger partial charge in [-0.1, -0.05) is 6.07 Å². The fourth-order valence-electron chi connectivity index (χ4n) is 0.926. The summed E-state index contributed by atoms with van der Waals surface area (Å²) in [5.41, 5.74) is 3.26. The van der Waals surface area contributed by atoms with Gasteiger partial charge in [0.05, 0.1) is 9.40 Å². The topological polar surface area (TPSA) is 81.2 Å². The van der Waals surface area contributed by atoms with Crippen molar-refractivity contribution in [2.75, 3.05) is 0 Å². The first kappa shape index (κ1) is 10.1. The monoisotopic (exact) mass is 245 g/mol. The van der Waals surface area contributed by atoms with Crippen LogP contribution in [0.2, 0.25) is 0 Å². The number of rotatable bonds is 3. The zero-order chi connectivity index (χ0) is 9.84. The Morgan fingerprint density at radius 3 is 2.85 bits per heavy atom. The van der Waals surface area contributed by atoms with Crippen LogP contribution in [0.15, 0.2) is 22.7 Å². The second-order valence-electron chi connectivity index (χ2n) is 2.42. The van der Waals surface area contributed by atoms with Crippen LogP contribution in [0.5, 0.6) is 0 Å². The Bertz CT molecular complexity index is 330. The minimum absolute atomic E-state index is 0.0488. The largest absolute Gasteiger partial charge is 0.283 e. The Hall–Kier alpha value is -0.980. The molecule has 1 aromatic carbocycles. The van der Waals surface area contributed by atoms with E-state index in [2.05, 4.69) is 21.4 Å². The molecule has 0 radical (unpaired) electrons. The second kappa shape index (κ2) is 4.31. The van der Waals surface area contributed by atoms with E-state index in [-0.39, 0.29) is 5.69 Å². The highest BCUT2D eigenvalue weighted by Gasteiger charge is 2.11. The standard InChI is InChI=1S/C7H8BrN3O2/c8-6-2-1-5(4-10-9)3-7(6)11(12)13/h1-3,10H,4,9H2. The number of halogens is 1. The lowest BCUT2D eigenvalue weighted by molar-refractivity contribution is -0.385. The molecule has 0 aromatic heterocycles. The van der Waals surface area contributed by atoms with Crippen molar-refractivity contribution in [3.05, 3.63) is 38.3 Å². The molecule has 0 aliphatic heterocycles. The zero-order valence-electron chi connectivity index (χ0n) is 6.66. The van der Waals surface area contributed by atoms with Crippen LogP contribution in [-0.2, 0) is 6.54 Å². The fourth-order valence-corrected chi connectivity index (χ4v) is 1.32. The summed E-state index contributed by atoms with van der Waals surface area (Å²) in [6.45, 7) is 0.411. The molecule has 0 aliphatic carbocycles. The van der Waals surface area contributed by atoms with E-state index >= 15 is 0 Å². The summed E-state index contributed by atoms with van der Waals surface area (Å²) in [6, 6.07) is 4.87. The number of nitrogens with zero attached hydrogens (tertiary/aromatic N) is 1. The lowest BCUT2D eigenvalue weighted by Gasteiger charge is -2.00. The first-order valence-corrected chi connectivity index (χ1v) is 4.30. The van der Waals surface area contributed by atoms with E-state index in [9.17, 15) is 10.1 Å². The third-order valence-electron chi connectivity index (χ3n) is 1.51. The van der Waals surface area contributed by atoms with Gasteiger partial charge in [-0.3, -0.25) is 21.4 Å². The third-order valence-corrected chi connectivity index (χ3v) is 2.18. The van der Waals surface area contributed by atoms with E-state index in [1.807, 2.05) is 0 Å². The minimum Gasteiger partial charge on any atom is -0.271 e. The van der Waals surface area contributed by atoms with Crippen LogP contribution in [0.4, 0.5) is 5.69 Å². The highest BCUT2D eigenvalue weighted by atomic mass is 79.9. The summed E-state index contributed by atoms with van der Waals surface area (Å²) >= 11 is 3.09. The molecule has 0 bridgehead atoms. The van der Waals surface area contributed by atoms with Crippen LogP contribution < -0.4 is 11.3 Å². The number of nitrogens with two attached hydrogens (primary N) is 1. The van der Waals surface area contributed by atoms with Crippen molar-refractivity contribution < 1.29 is 4.92 Å². The highest BCUT2D eigenvalue weighted by molar-refractivity contribution is 9.10. The molecular formula is C7H8BrN3O2. The first-order valence-electron chi connectivity index (χ1n) is 3.51.